The number of allylic oxidation sites excluding steroid dienone is 4. The summed E-state index contributed by atoms with van der Waals surface area (Å²) in [4.78, 5) is 28.0. The fourth-order valence-corrected chi connectivity index (χ4v) is 10.6. The molecule has 4 N–H and O–H groups in total. The molecule has 7 rings (SSSR count). The highest BCUT2D eigenvalue weighted by Gasteiger charge is 2.80. The van der Waals surface area contributed by atoms with Gasteiger partial charge in [-0.05, 0) is 86.4 Å². The minimum absolute atomic E-state index is 0.0471. The van der Waals surface area contributed by atoms with Crippen LogP contribution in [0.1, 0.15) is 48.4 Å². The Morgan fingerprint density at radius 1 is 1.11 bits per heavy atom. The molecule has 1 aromatic heterocycles. The lowest BCUT2D eigenvalue weighted by Crippen LogP contribution is -2.70. The smallest absolute Gasteiger partial charge is 0.193 e. The number of carbonyl (C=O) groups excluding carboxylic acids is 2. The van der Waals surface area contributed by atoms with Gasteiger partial charge in [-0.15, -0.1) is 11.3 Å². The van der Waals surface area contributed by atoms with Crippen molar-refractivity contribution in [2.75, 3.05) is 12.3 Å². The van der Waals surface area contributed by atoms with Crippen LogP contribution in [0.2, 0.25) is 0 Å². The van der Waals surface area contributed by atoms with E-state index >= 15 is 8.78 Å². The number of nitrogens with two attached hydrogens (primary N) is 1. The maximum absolute atomic E-state index is 17.5. The summed E-state index contributed by atoms with van der Waals surface area (Å²) in [6.45, 7) is 2.53. The number of fused-ring (bicyclic) bond motifs is 7. The van der Waals surface area contributed by atoms with Gasteiger partial charge in [0.15, 0.2) is 29.1 Å². The third-order valence-electron chi connectivity index (χ3n) is 11.8. The van der Waals surface area contributed by atoms with Crippen LogP contribution in [0.25, 0.3) is 0 Å². The van der Waals surface area contributed by atoms with Crippen LogP contribution in [0.5, 0.6) is 0 Å². The monoisotopic (exact) mass is 639 g/mol. The number of carbonyl (C=O) groups is 2. The molecule has 2 heterocycles. The van der Waals surface area contributed by atoms with Gasteiger partial charge >= 0.3 is 0 Å². The molecule has 0 amide bonds. The van der Waals surface area contributed by atoms with E-state index < -0.39 is 76.8 Å². The van der Waals surface area contributed by atoms with Crippen LogP contribution < -0.4 is 5.73 Å². The lowest BCUT2D eigenvalue weighted by atomic mass is 9.44. The van der Waals surface area contributed by atoms with Crippen LogP contribution in [0, 0.1) is 22.7 Å². The van der Waals surface area contributed by atoms with E-state index in [1.807, 2.05) is 30.3 Å². The molecular weight excluding hydrogens is 600 g/mol. The van der Waals surface area contributed by atoms with Crippen molar-refractivity contribution in [1.82, 2.24) is 0 Å². The quantitative estimate of drug-likeness (QED) is 0.378. The number of aliphatic hydroxyl groups is 2. The molecule has 2 aromatic rings. The molecule has 240 valence electrons. The Bertz CT molecular complexity index is 1610. The van der Waals surface area contributed by atoms with Gasteiger partial charge in [0.2, 0.25) is 0 Å². The number of para-hydroxylation sites is 1. The Kier molecular flexibility index (Phi) is 7.30. The van der Waals surface area contributed by atoms with Crippen LogP contribution in [0.15, 0.2) is 60.2 Å². The number of anilines is 1. The van der Waals surface area contributed by atoms with E-state index in [0.29, 0.717) is 6.42 Å². The minimum atomic E-state index is -2.28. The summed E-state index contributed by atoms with van der Waals surface area (Å²) in [6.07, 6.45) is 0.909. The van der Waals surface area contributed by atoms with Gasteiger partial charge in [0.1, 0.15) is 12.8 Å². The zero-order valence-corrected chi connectivity index (χ0v) is 26.2. The van der Waals surface area contributed by atoms with E-state index in [2.05, 4.69) is 6.07 Å². The van der Waals surface area contributed by atoms with Gasteiger partial charge in [-0.1, -0.05) is 31.2 Å². The van der Waals surface area contributed by atoms with Crippen LogP contribution in [0.4, 0.5) is 14.5 Å². The van der Waals surface area contributed by atoms with E-state index in [1.165, 1.54) is 17.0 Å². The number of aliphatic hydroxyl groups excluding tert-OH is 2. The summed E-state index contributed by atoms with van der Waals surface area (Å²) in [6, 6.07) is 11.9. The Labute approximate surface area is 265 Å². The molecule has 7 nitrogen and oxygen atoms in total. The topological polar surface area (TPSA) is 119 Å². The molecule has 4 aliphatic carbocycles. The average molecular weight is 640 g/mol. The normalized spacial score (nSPS) is 41.6. The number of aryl methyl sites for hydroxylation is 2. The summed E-state index contributed by atoms with van der Waals surface area (Å²) >= 11 is 1.63. The predicted molar refractivity (Wildman–Crippen MR) is 165 cm³/mol. The Morgan fingerprint density at radius 2 is 1.87 bits per heavy atom. The standard InChI is InChI=1S/C35H39F2NO6S/c1-32-12-11-20(40)13-25(32)26(36)15-24-23-16-30-35(29(42)18-39,33(23,2)17-28(41)34(24,32)37)44-31(43-30)14-22-10-9-21(45-22)8-7-19-5-3-4-6-27(19)38/h3-6,9-13,23-24,26,28,30-31,39,41H,7-8,14-18,38H2,1-2H3/t23-,24-,26-,28-,30+,31+,32-,33-,34-,35+/m0/s1. The second-order valence-corrected chi connectivity index (χ2v) is 15.1. The van der Waals surface area contributed by atoms with Gasteiger partial charge in [0.05, 0.1) is 12.2 Å². The van der Waals surface area contributed by atoms with Crippen molar-refractivity contribution in [3.63, 3.8) is 0 Å². The zero-order chi connectivity index (χ0) is 31.9. The summed E-state index contributed by atoms with van der Waals surface area (Å²) < 4.78 is 46.3. The number of ketones is 2. The maximum atomic E-state index is 17.5. The fraction of sp³-hybridized carbons (Fsp3) is 0.543. The Morgan fingerprint density at radius 3 is 2.62 bits per heavy atom. The third-order valence-corrected chi connectivity index (χ3v) is 12.9. The van der Waals surface area contributed by atoms with Gasteiger partial charge in [-0.2, -0.15) is 0 Å². The molecule has 0 bridgehead atoms. The first kappa shape index (κ1) is 30.9. The summed E-state index contributed by atoms with van der Waals surface area (Å²) in [5.41, 5.74) is 1.45. The number of halogens is 2. The Hall–Kier alpha value is -2.76. The van der Waals surface area contributed by atoms with Crippen molar-refractivity contribution in [1.29, 1.82) is 0 Å². The van der Waals surface area contributed by atoms with Gasteiger partial charge in [-0.25, -0.2) is 8.78 Å². The van der Waals surface area contributed by atoms with Crippen LogP contribution in [0.3, 0.4) is 0 Å². The van der Waals surface area contributed by atoms with Crippen molar-refractivity contribution < 1.29 is 38.1 Å². The second kappa shape index (κ2) is 10.6. The molecule has 4 fully saturated rings. The first-order valence-corrected chi connectivity index (χ1v) is 16.5. The third kappa shape index (κ3) is 4.25. The highest BCUT2D eigenvalue weighted by atomic mass is 32.1. The SMILES string of the molecule is C[C@]12C=CC(=O)C=C1[C@@H](F)C[C@H]1[C@@H]3C[C@H]4O[C@@H](Cc5ccc(CCc6ccccc6N)s5)O[C@@]4(C(=O)CO)[C@@]3(C)C[C@H](O)[C@@]12F. The van der Waals surface area contributed by atoms with E-state index in [4.69, 9.17) is 15.2 Å². The largest absolute Gasteiger partial charge is 0.399 e. The molecule has 1 saturated heterocycles. The van der Waals surface area contributed by atoms with Crippen molar-refractivity contribution in [2.24, 2.45) is 22.7 Å². The Balaban J connectivity index is 1.15. The molecule has 0 unspecified atom stereocenters. The molecule has 1 aromatic carbocycles. The summed E-state index contributed by atoms with van der Waals surface area (Å²) in [5.74, 6) is -2.53. The molecule has 10 atom stereocenters. The van der Waals surface area contributed by atoms with Gasteiger partial charge in [-0.3, -0.25) is 9.59 Å². The molecule has 0 spiro atoms. The zero-order valence-electron chi connectivity index (χ0n) is 25.4. The number of Topliss-reactive ketones (excluding diaryl/α,β-unsaturated/α-hetero) is 1. The van der Waals surface area contributed by atoms with Crippen LogP contribution in [-0.4, -0.2) is 64.3 Å². The molecule has 10 heteroatoms. The lowest BCUT2D eigenvalue weighted by Gasteiger charge is -2.63. The molecule has 3 saturated carbocycles. The number of thiophene rings is 1. The number of hydrogen-bond donors (Lipinski definition) is 3. The number of alkyl halides is 2. The summed E-state index contributed by atoms with van der Waals surface area (Å²) in [7, 11) is 0. The van der Waals surface area contributed by atoms with Crippen LogP contribution in [-0.2, 0) is 38.3 Å². The van der Waals surface area contributed by atoms with Gasteiger partial charge in [0, 0.05) is 38.6 Å². The molecule has 45 heavy (non-hydrogen) atoms. The predicted octanol–water partition coefficient (Wildman–Crippen LogP) is 4.63. The highest BCUT2D eigenvalue weighted by Crippen LogP contribution is 2.72. The molecular formula is C35H39F2NO6S. The van der Waals surface area contributed by atoms with E-state index in [1.54, 1.807) is 25.2 Å². The van der Waals surface area contributed by atoms with Crippen molar-refractivity contribution in [2.45, 2.75) is 88.3 Å². The fourth-order valence-electron chi connectivity index (χ4n) is 9.58. The van der Waals surface area contributed by atoms with Crippen molar-refractivity contribution in [3.8, 4) is 0 Å². The van der Waals surface area contributed by atoms with Crippen LogP contribution >= 0.6 is 11.3 Å². The lowest BCUT2D eigenvalue weighted by molar-refractivity contribution is -0.234. The molecule has 0 radical (unpaired) electrons. The van der Waals surface area contributed by atoms with Gasteiger partial charge in [0.25, 0.3) is 0 Å². The molecule has 5 aliphatic rings. The highest BCUT2D eigenvalue weighted by molar-refractivity contribution is 7.12. The maximum Gasteiger partial charge on any atom is 0.193 e. The molecule has 1 aliphatic heterocycles. The summed E-state index contributed by atoms with van der Waals surface area (Å²) in [5, 5.41) is 21.8. The van der Waals surface area contributed by atoms with E-state index in [-0.39, 0.29) is 24.8 Å². The van der Waals surface area contributed by atoms with Gasteiger partial charge < -0.3 is 25.4 Å². The minimum Gasteiger partial charge on any atom is -0.399 e. The number of nitrogen functional groups attached to an aromatic ring is 1. The average Bonchev–Trinajstić information content (AvgIpc) is 3.67. The van der Waals surface area contributed by atoms with E-state index in [9.17, 15) is 19.8 Å². The number of rotatable bonds is 7. The number of benzene rings is 1. The first-order chi connectivity index (χ1) is 21.4. The number of hydrogen-bond acceptors (Lipinski definition) is 8. The van der Waals surface area contributed by atoms with Crippen molar-refractivity contribution >= 4 is 28.6 Å². The first-order valence-electron chi connectivity index (χ1n) is 15.7. The second-order valence-electron chi connectivity index (χ2n) is 13.9. The van der Waals surface area contributed by atoms with Crippen molar-refractivity contribution in [3.05, 3.63) is 75.5 Å². The number of ether oxygens (including phenoxy) is 2. The van der Waals surface area contributed by atoms with E-state index in [0.717, 1.165) is 35.0 Å².